The van der Waals surface area contributed by atoms with Gasteiger partial charge in [0.1, 0.15) is 17.6 Å². The zero-order chi connectivity index (χ0) is 21.9. The van der Waals surface area contributed by atoms with E-state index in [4.69, 9.17) is 4.74 Å². The molecule has 0 unspecified atom stereocenters. The molecule has 1 saturated heterocycles. The molecule has 9 nitrogen and oxygen atoms in total. The molecule has 1 aliphatic heterocycles. The third-order valence-corrected chi connectivity index (χ3v) is 6.75. The summed E-state index contributed by atoms with van der Waals surface area (Å²) in [5.74, 6) is -1.80. The first-order chi connectivity index (χ1) is 14.2. The number of esters is 1. The molecule has 2 aliphatic carbocycles. The first-order valence-corrected chi connectivity index (χ1v) is 10.8. The lowest BCUT2D eigenvalue weighted by Gasteiger charge is -2.36. The maximum absolute atomic E-state index is 12.9. The SMILES string of the molecule is C[C@H](OC(=O)CN1C(=O)N[C@]2(CCCC[C@@H]2C)C1=O)C(=O)NC1(C#N)CCCCC1. The Bertz CT molecular complexity index is 770. The van der Waals surface area contributed by atoms with Crippen LogP contribution in [-0.4, -0.2) is 52.4 Å². The lowest BCUT2D eigenvalue weighted by molar-refractivity contribution is -0.157. The highest BCUT2D eigenvalue weighted by Gasteiger charge is 2.55. The monoisotopic (exact) mass is 418 g/mol. The summed E-state index contributed by atoms with van der Waals surface area (Å²) in [6, 6.07) is 1.58. The molecule has 3 rings (SSSR count). The van der Waals surface area contributed by atoms with Crippen LogP contribution < -0.4 is 10.6 Å². The van der Waals surface area contributed by atoms with Crippen LogP contribution in [0.25, 0.3) is 0 Å². The Balaban J connectivity index is 1.57. The van der Waals surface area contributed by atoms with Crippen molar-refractivity contribution in [3.05, 3.63) is 0 Å². The minimum atomic E-state index is -1.13. The normalized spacial score (nSPS) is 29.1. The molecule has 2 N–H and O–H groups in total. The molecule has 2 saturated carbocycles. The van der Waals surface area contributed by atoms with Crippen LogP contribution in [0.2, 0.25) is 0 Å². The van der Waals surface area contributed by atoms with Crippen LogP contribution in [0.3, 0.4) is 0 Å². The van der Waals surface area contributed by atoms with Crippen molar-refractivity contribution >= 4 is 23.8 Å². The Morgan fingerprint density at radius 2 is 1.90 bits per heavy atom. The fraction of sp³-hybridized carbons (Fsp3) is 0.762. The number of amides is 4. The van der Waals surface area contributed by atoms with Gasteiger partial charge in [0, 0.05) is 0 Å². The van der Waals surface area contributed by atoms with E-state index in [1.54, 1.807) is 0 Å². The van der Waals surface area contributed by atoms with Gasteiger partial charge in [-0.15, -0.1) is 0 Å². The maximum atomic E-state index is 12.9. The number of carbonyl (C=O) groups is 4. The molecule has 3 aliphatic rings. The van der Waals surface area contributed by atoms with E-state index in [0.717, 1.165) is 43.4 Å². The van der Waals surface area contributed by atoms with E-state index in [9.17, 15) is 24.4 Å². The predicted molar refractivity (Wildman–Crippen MR) is 106 cm³/mol. The highest BCUT2D eigenvalue weighted by atomic mass is 16.5. The van der Waals surface area contributed by atoms with E-state index >= 15 is 0 Å². The van der Waals surface area contributed by atoms with Crippen LogP contribution in [0.1, 0.15) is 71.6 Å². The Morgan fingerprint density at radius 1 is 1.23 bits per heavy atom. The van der Waals surface area contributed by atoms with Gasteiger partial charge in [0.25, 0.3) is 11.8 Å². The average Bonchev–Trinajstić information content (AvgIpc) is 2.95. The number of imide groups is 1. The van der Waals surface area contributed by atoms with Crippen LogP contribution in [0.4, 0.5) is 4.79 Å². The second-order valence-corrected chi connectivity index (χ2v) is 8.82. The molecule has 4 amide bonds. The van der Waals surface area contributed by atoms with E-state index in [0.29, 0.717) is 19.3 Å². The van der Waals surface area contributed by atoms with Crippen molar-refractivity contribution in [3.63, 3.8) is 0 Å². The molecule has 1 spiro atoms. The molecule has 9 heteroatoms. The smallest absolute Gasteiger partial charge is 0.327 e. The summed E-state index contributed by atoms with van der Waals surface area (Å²) in [4.78, 5) is 51.0. The molecular formula is C21H30N4O5. The van der Waals surface area contributed by atoms with Crippen LogP contribution >= 0.6 is 0 Å². The first kappa shape index (κ1) is 22.1. The molecule has 0 aromatic heterocycles. The molecule has 0 bridgehead atoms. The highest BCUT2D eigenvalue weighted by Crippen LogP contribution is 2.38. The number of ether oxygens (including phenoxy) is 1. The molecule has 3 atom stereocenters. The van der Waals surface area contributed by atoms with Gasteiger partial charge in [0.2, 0.25) is 0 Å². The van der Waals surface area contributed by atoms with Crippen molar-refractivity contribution in [3.8, 4) is 6.07 Å². The summed E-state index contributed by atoms with van der Waals surface area (Å²) in [6.07, 6.45) is 5.97. The average molecular weight is 418 g/mol. The lowest BCUT2D eigenvalue weighted by Crippen LogP contribution is -2.54. The summed E-state index contributed by atoms with van der Waals surface area (Å²) in [5.41, 5.74) is -1.87. The van der Waals surface area contributed by atoms with Crippen molar-refractivity contribution < 1.29 is 23.9 Å². The highest BCUT2D eigenvalue weighted by molar-refractivity contribution is 6.09. The van der Waals surface area contributed by atoms with Crippen LogP contribution in [0.15, 0.2) is 0 Å². The van der Waals surface area contributed by atoms with Crippen molar-refractivity contribution in [2.45, 2.75) is 88.8 Å². The van der Waals surface area contributed by atoms with E-state index in [-0.39, 0.29) is 5.92 Å². The Morgan fingerprint density at radius 3 is 2.53 bits per heavy atom. The number of rotatable bonds is 5. The Hall–Kier alpha value is -2.63. The molecule has 30 heavy (non-hydrogen) atoms. The summed E-state index contributed by atoms with van der Waals surface area (Å²) < 4.78 is 5.17. The van der Waals surface area contributed by atoms with Gasteiger partial charge in [-0.3, -0.25) is 19.3 Å². The third kappa shape index (κ3) is 4.13. The number of hydrogen-bond acceptors (Lipinski definition) is 6. The van der Waals surface area contributed by atoms with Gasteiger partial charge in [-0.05, 0) is 38.5 Å². The minimum absolute atomic E-state index is 0.00825. The van der Waals surface area contributed by atoms with Crippen molar-refractivity contribution in [2.24, 2.45) is 5.92 Å². The number of carbonyl (C=O) groups excluding carboxylic acids is 4. The van der Waals surface area contributed by atoms with Crippen molar-refractivity contribution in [1.29, 1.82) is 5.26 Å². The topological polar surface area (TPSA) is 129 Å². The molecule has 3 fully saturated rings. The van der Waals surface area contributed by atoms with Gasteiger partial charge < -0.3 is 15.4 Å². The van der Waals surface area contributed by atoms with E-state index in [1.165, 1.54) is 6.92 Å². The van der Waals surface area contributed by atoms with Gasteiger partial charge in [-0.1, -0.05) is 39.0 Å². The number of nitrogens with one attached hydrogen (secondary N) is 2. The summed E-state index contributed by atoms with van der Waals surface area (Å²) in [7, 11) is 0. The number of urea groups is 1. The van der Waals surface area contributed by atoms with Gasteiger partial charge >= 0.3 is 12.0 Å². The van der Waals surface area contributed by atoms with Crippen LogP contribution in [0, 0.1) is 17.2 Å². The molecule has 164 valence electrons. The molecule has 0 radical (unpaired) electrons. The fourth-order valence-corrected chi connectivity index (χ4v) is 4.81. The van der Waals surface area contributed by atoms with Crippen LogP contribution in [-0.2, 0) is 19.1 Å². The Kier molecular flexibility index (Phi) is 6.34. The van der Waals surface area contributed by atoms with Gasteiger partial charge in [-0.2, -0.15) is 5.26 Å². The number of hydrogen-bond donors (Lipinski definition) is 2. The van der Waals surface area contributed by atoms with Crippen molar-refractivity contribution in [1.82, 2.24) is 15.5 Å². The summed E-state index contributed by atoms with van der Waals surface area (Å²) >= 11 is 0. The lowest BCUT2D eigenvalue weighted by atomic mass is 9.73. The van der Waals surface area contributed by atoms with Gasteiger partial charge in [-0.25, -0.2) is 4.79 Å². The van der Waals surface area contributed by atoms with E-state index in [2.05, 4.69) is 16.7 Å². The second-order valence-electron chi connectivity index (χ2n) is 8.82. The number of nitriles is 1. The minimum Gasteiger partial charge on any atom is -0.451 e. The largest absolute Gasteiger partial charge is 0.451 e. The number of nitrogens with zero attached hydrogens (tertiary/aromatic N) is 2. The Labute approximate surface area is 176 Å². The molecular weight excluding hydrogens is 388 g/mol. The summed E-state index contributed by atoms with van der Waals surface area (Å²) in [5, 5.41) is 15.0. The van der Waals surface area contributed by atoms with E-state index < -0.39 is 47.5 Å². The second kappa shape index (κ2) is 8.62. The third-order valence-electron chi connectivity index (χ3n) is 6.75. The predicted octanol–water partition coefficient (Wildman–Crippen LogP) is 1.76. The molecule has 0 aromatic rings. The van der Waals surface area contributed by atoms with E-state index in [1.807, 2.05) is 6.92 Å². The standard InChI is InChI=1S/C21H30N4O5/c1-14-8-4-7-11-21(14)18(28)25(19(29)24-21)12-16(26)30-15(2)17(27)23-20(13-22)9-5-3-6-10-20/h14-15H,3-12H2,1-2H3,(H,23,27)(H,24,29)/t14-,15-,21-/m0/s1. The molecule has 1 heterocycles. The fourth-order valence-electron chi connectivity index (χ4n) is 4.81. The van der Waals surface area contributed by atoms with Crippen molar-refractivity contribution in [2.75, 3.05) is 6.54 Å². The first-order valence-electron chi connectivity index (χ1n) is 10.8. The van der Waals surface area contributed by atoms with Gasteiger partial charge in [0.05, 0.1) is 6.07 Å². The maximum Gasteiger partial charge on any atom is 0.327 e. The summed E-state index contributed by atoms with van der Waals surface area (Å²) in [6.45, 7) is 2.81. The van der Waals surface area contributed by atoms with Crippen LogP contribution in [0.5, 0.6) is 0 Å². The zero-order valence-electron chi connectivity index (χ0n) is 17.7. The quantitative estimate of drug-likeness (QED) is 0.517. The zero-order valence-corrected chi connectivity index (χ0v) is 17.7. The van der Waals surface area contributed by atoms with Gasteiger partial charge in [0.15, 0.2) is 6.10 Å². The molecule has 0 aromatic carbocycles.